The van der Waals surface area contributed by atoms with Crippen LogP contribution in [0.5, 0.6) is 0 Å². The van der Waals surface area contributed by atoms with Crippen LogP contribution in [0.2, 0.25) is 0 Å². The van der Waals surface area contributed by atoms with Gasteiger partial charge in [-0.25, -0.2) is 9.59 Å². The third-order valence-electron chi connectivity index (χ3n) is 6.54. The van der Waals surface area contributed by atoms with Crippen molar-refractivity contribution in [2.75, 3.05) is 34.3 Å². The Morgan fingerprint density at radius 2 is 1.16 bits per heavy atom. The second kappa shape index (κ2) is 16.0. The van der Waals surface area contributed by atoms with Crippen LogP contribution in [0.15, 0.2) is 78.9 Å². The van der Waals surface area contributed by atoms with E-state index in [0.29, 0.717) is 12.1 Å². The Balaban J connectivity index is 0.00000107. The minimum atomic E-state index is -4.95. The minimum Gasteiger partial charge on any atom is -0.473 e. The van der Waals surface area contributed by atoms with Crippen LogP contribution in [0.1, 0.15) is 33.7 Å². The van der Waals surface area contributed by atoms with Crippen LogP contribution in [-0.2, 0) is 38.1 Å². The van der Waals surface area contributed by atoms with E-state index in [1.807, 2.05) is 60.7 Å². The van der Waals surface area contributed by atoms with Gasteiger partial charge in [0, 0.05) is 26.1 Å². The molecule has 3 aromatic carbocycles. The van der Waals surface area contributed by atoms with Gasteiger partial charge in [-0.3, -0.25) is 9.69 Å². The van der Waals surface area contributed by atoms with Crippen molar-refractivity contribution in [2.45, 2.75) is 30.9 Å². The summed E-state index contributed by atoms with van der Waals surface area (Å²) < 4.78 is 85.7. The molecule has 0 fully saturated rings. The van der Waals surface area contributed by atoms with Crippen molar-refractivity contribution >= 4 is 17.8 Å². The lowest BCUT2D eigenvalue weighted by atomic mass is 9.84. The fourth-order valence-corrected chi connectivity index (χ4v) is 4.31. The molecule has 14 heteroatoms. The van der Waals surface area contributed by atoms with E-state index in [1.165, 1.54) is 4.90 Å². The standard InChI is InChI=1S/C29H30F6N2O2.C2H2O4/c1-36(2)26(38)17-37(3)25(27(21-10-6-4-7-11-21)22-12-8-5-9-13-22)19-39-18-20-14-23(28(30,31)32)16-24(15-20)29(33,34)35;3-1(4)2(5)6/h4-16,25,27H,17-19H2,1-3H3;(H,3,4)(H,5,6). The predicted octanol–water partition coefficient (Wildman–Crippen LogP) is 5.62. The van der Waals surface area contributed by atoms with Gasteiger partial charge in [-0.05, 0) is 41.9 Å². The molecule has 0 saturated heterocycles. The molecule has 0 bridgehead atoms. The summed E-state index contributed by atoms with van der Waals surface area (Å²) in [7, 11) is 4.99. The first-order valence-corrected chi connectivity index (χ1v) is 13.2. The van der Waals surface area contributed by atoms with Crippen molar-refractivity contribution in [3.8, 4) is 0 Å². The lowest BCUT2D eigenvalue weighted by molar-refractivity contribution is -0.159. The number of halogens is 6. The Morgan fingerprint density at radius 1 is 0.733 bits per heavy atom. The SMILES string of the molecule is CN(C)C(=O)CN(C)C(COCc1cc(C(F)(F)F)cc(C(F)(F)F)c1)C(c1ccccc1)c1ccccc1.O=C(O)C(=O)O. The lowest BCUT2D eigenvalue weighted by Gasteiger charge is -2.35. The van der Waals surface area contributed by atoms with Crippen molar-refractivity contribution in [3.63, 3.8) is 0 Å². The van der Waals surface area contributed by atoms with Crippen LogP contribution in [0.25, 0.3) is 0 Å². The third kappa shape index (κ3) is 11.5. The summed E-state index contributed by atoms with van der Waals surface area (Å²) in [6.45, 7) is -0.516. The van der Waals surface area contributed by atoms with Gasteiger partial charge < -0.3 is 19.8 Å². The van der Waals surface area contributed by atoms with Gasteiger partial charge in [0.2, 0.25) is 5.91 Å². The van der Waals surface area contributed by atoms with E-state index < -0.39 is 48.1 Å². The molecule has 0 radical (unpaired) electrons. The molecule has 3 aromatic rings. The minimum absolute atomic E-state index is 0.0268. The Kier molecular flexibility index (Phi) is 13.1. The first-order valence-electron chi connectivity index (χ1n) is 13.2. The highest BCUT2D eigenvalue weighted by molar-refractivity contribution is 6.27. The Bertz CT molecular complexity index is 1330. The summed E-state index contributed by atoms with van der Waals surface area (Å²) in [6, 6.07) is 19.8. The molecule has 3 rings (SSSR count). The van der Waals surface area contributed by atoms with Crippen molar-refractivity contribution in [1.82, 2.24) is 9.80 Å². The number of alkyl halides is 6. The van der Waals surface area contributed by atoms with Gasteiger partial charge in [-0.15, -0.1) is 0 Å². The van der Waals surface area contributed by atoms with Crippen LogP contribution < -0.4 is 0 Å². The van der Waals surface area contributed by atoms with Crippen molar-refractivity contribution < 1.29 is 55.7 Å². The largest absolute Gasteiger partial charge is 0.473 e. The zero-order valence-electron chi connectivity index (χ0n) is 24.5. The van der Waals surface area contributed by atoms with E-state index in [9.17, 15) is 31.1 Å². The number of amides is 1. The molecule has 0 aliphatic heterocycles. The van der Waals surface area contributed by atoms with Crippen LogP contribution in [-0.4, -0.2) is 78.2 Å². The molecule has 1 unspecified atom stereocenters. The van der Waals surface area contributed by atoms with Crippen molar-refractivity contribution in [2.24, 2.45) is 0 Å². The maximum absolute atomic E-state index is 13.3. The Hall–Kier alpha value is -4.43. The predicted molar refractivity (Wildman–Crippen MR) is 151 cm³/mol. The smallest absolute Gasteiger partial charge is 0.416 e. The summed E-state index contributed by atoms with van der Waals surface area (Å²) in [5.41, 5.74) is -1.21. The highest BCUT2D eigenvalue weighted by Crippen LogP contribution is 2.37. The Morgan fingerprint density at radius 3 is 1.51 bits per heavy atom. The van der Waals surface area contributed by atoms with E-state index in [0.717, 1.165) is 11.1 Å². The van der Waals surface area contributed by atoms with Gasteiger partial charge in [0.05, 0.1) is 30.9 Å². The molecule has 1 atom stereocenters. The van der Waals surface area contributed by atoms with Gasteiger partial charge in [0.25, 0.3) is 0 Å². The van der Waals surface area contributed by atoms with Crippen LogP contribution in [0.3, 0.4) is 0 Å². The van der Waals surface area contributed by atoms with Gasteiger partial charge in [0.15, 0.2) is 0 Å². The number of benzene rings is 3. The number of rotatable bonds is 10. The number of hydrogen-bond acceptors (Lipinski definition) is 5. The molecule has 244 valence electrons. The average Bonchev–Trinajstić information content (AvgIpc) is 2.96. The second-order valence-electron chi connectivity index (χ2n) is 10.1. The fourth-order valence-electron chi connectivity index (χ4n) is 4.31. The third-order valence-corrected chi connectivity index (χ3v) is 6.54. The number of nitrogens with zero attached hydrogens (tertiary/aromatic N) is 2. The number of carboxylic acid groups (broad SMARTS) is 2. The maximum Gasteiger partial charge on any atom is 0.416 e. The summed E-state index contributed by atoms with van der Waals surface area (Å²) in [4.78, 5) is 34.0. The fraction of sp³-hybridized carbons (Fsp3) is 0.323. The van der Waals surface area contributed by atoms with E-state index in [-0.39, 0.29) is 36.6 Å². The Labute approximate surface area is 255 Å². The number of carboxylic acids is 2. The normalized spacial score (nSPS) is 12.3. The molecule has 0 aliphatic carbocycles. The number of ether oxygens (including phenoxy) is 1. The van der Waals surface area contributed by atoms with E-state index >= 15 is 0 Å². The highest BCUT2D eigenvalue weighted by atomic mass is 19.4. The van der Waals surface area contributed by atoms with Crippen molar-refractivity contribution in [3.05, 3.63) is 107 Å². The molecule has 0 saturated carbocycles. The van der Waals surface area contributed by atoms with Crippen LogP contribution in [0.4, 0.5) is 26.3 Å². The number of aliphatic carboxylic acids is 2. The number of hydrogen-bond donors (Lipinski definition) is 2. The van der Waals surface area contributed by atoms with Gasteiger partial charge in [0.1, 0.15) is 0 Å². The molecule has 8 nitrogen and oxygen atoms in total. The number of carbonyl (C=O) groups is 3. The second-order valence-corrected chi connectivity index (χ2v) is 10.1. The van der Waals surface area contributed by atoms with E-state index in [4.69, 9.17) is 24.5 Å². The highest BCUT2D eigenvalue weighted by Gasteiger charge is 2.37. The molecule has 0 aliphatic rings. The average molecular weight is 643 g/mol. The van der Waals surface area contributed by atoms with E-state index in [1.54, 1.807) is 26.0 Å². The maximum atomic E-state index is 13.3. The van der Waals surface area contributed by atoms with Gasteiger partial charge in [-0.1, -0.05) is 60.7 Å². The zero-order valence-corrected chi connectivity index (χ0v) is 24.5. The topological polar surface area (TPSA) is 107 Å². The molecular weight excluding hydrogens is 610 g/mol. The zero-order chi connectivity index (χ0) is 33.9. The molecule has 45 heavy (non-hydrogen) atoms. The monoisotopic (exact) mass is 642 g/mol. The molecule has 2 N–H and O–H groups in total. The molecular formula is C31H32F6N2O6. The summed E-state index contributed by atoms with van der Waals surface area (Å²) in [5, 5.41) is 14.8. The van der Waals surface area contributed by atoms with Crippen LogP contribution >= 0.6 is 0 Å². The lowest BCUT2D eigenvalue weighted by Crippen LogP contribution is -2.45. The summed E-state index contributed by atoms with van der Waals surface area (Å²) in [5.74, 6) is -4.13. The number of carbonyl (C=O) groups excluding carboxylic acids is 1. The summed E-state index contributed by atoms with van der Waals surface area (Å²) >= 11 is 0. The first-order chi connectivity index (χ1) is 20.9. The van der Waals surface area contributed by atoms with E-state index in [2.05, 4.69) is 0 Å². The van der Waals surface area contributed by atoms with Gasteiger partial charge >= 0.3 is 24.3 Å². The van der Waals surface area contributed by atoms with Crippen LogP contribution in [0, 0.1) is 0 Å². The van der Waals surface area contributed by atoms with Gasteiger partial charge in [-0.2, -0.15) is 26.3 Å². The molecule has 0 aromatic heterocycles. The molecule has 0 spiro atoms. The molecule has 0 heterocycles. The summed E-state index contributed by atoms with van der Waals surface area (Å²) in [6.07, 6.45) is -9.89. The number of likely N-dealkylation sites (N-methyl/N-ethyl adjacent to an activating group) is 2. The quantitative estimate of drug-likeness (QED) is 0.219. The van der Waals surface area contributed by atoms with Crippen molar-refractivity contribution in [1.29, 1.82) is 0 Å². The molecule has 1 amide bonds. The first kappa shape index (κ1) is 36.8.